The van der Waals surface area contributed by atoms with Gasteiger partial charge in [0.25, 0.3) is 0 Å². The second kappa shape index (κ2) is 12.6. The second-order valence-electron chi connectivity index (χ2n) is 10.4. The van der Waals surface area contributed by atoms with Gasteiger partial charge in [-0.15, -0.1) is 0 Å². The molecule has 3 aromatic rings. The highest BCUT2D eigenvalue weighted by atomic mass is 32.3. The summed E-state index contributed by atoms with van der Waals surface area (Å²) in [5.74, 6) is 1.53. The van der Waals surface area contributed by atoms with Gasteiger partial charge in [0.1, 0.15) is 11.9 Å². The Morgan fingerprint density at radius 3 is 2.33 bits per heavy atom. The molecule has 0 unspecified atom stereocenters. The van der Waals surface area contributed by atoms with Gasteiger partial charge in [-0.1, -0.05) is 30.3 Å². The minimum absolute atomic E-state index is 0.0524. The molecule has 2 aromatic carbocycles. The zero-order chi connectivity index (χ0) is 28.0. The van der Waals surface area contributed by atoms with Gasteiger partial charge in [-0.3, -0.25) is 14.0 Å². The van der Waals surface area contributed by atoms with Crippen molar-refractivity contribution in [1.82, 2.24) is 10.3 Å². The second-order valence-corrected chi connectivity index (χ2v) is 12.8. The van der Waals surface area contributed by atoms with E-state index in [1.807, 2.05) is 65.6 Å². The molecule has 0 atom stereocenters. The predicted octanol–water partition coefficient (Wildman–Crippen LogP) is 5.66. The molecule has 1 saturated carbocycles. The van der Waals surface area contributed by atoms with Crippen molar-refractivity contribution in [2.75, 3.05) is 39.7 Å². The van der Waals surface area contributed by atoms with E-state index in [-0.39, 0.29) is 18.1 Å². The van der Waals surface area contributed by atoms with E-state index in [9.17, 15) is 13.9 Å². The lowest BCUT2D eigenvalue weighted by Crippen LogP contribution is -2.48. The molecular formula is C30H36N6O3S. The van der Waals surface area contributed by atoms with Crippen LogP contribution in [-0.2, 0) is 6.54 Å². The fourth-order valence-electron chi connectivity index (χ4n) is 5.39. The number of aromatic nitrogens is 1. The summed E-state index contributed by atoms with van der Waals surface area (Å²) < 4.78 is 19.9. The van der Waals surface area contributed by atoms with E-state index in [1.165, 1.54) is 0 Å². The first-order valence-electron chi connectivity index (χ1n) is 13.7. The third-order valence-corrected chi connectivity index (χ3v) is 9.35. The van der Waals surface area contributed by atoms with Crippen molar-refractivity contribution in [2.45, 2.75) is 44.3 Å². The Hall–Kier alpha value is -3.78. The average Bonchev–Trinajstić information content (AvgIpc) is 2.98. The van der Waals surface area contributed by atoms with Crippen LogP contribution >= 0.6 is 10.6 Å². The minimum Gasteiger partial charge on any atom is -0.368 e. The van der Waals surface area contributed by atoms with E-state index in [2.05, 4.69) is 26.6 Å². The molecule has 2 aliphatic rings. The summed E-state index contributed by atoms with van der Waals surface area (Å²) >= 11 is 0. The molecule has 210 valence electrons. The Labute approximate surface area is 237 Å². The molecule has 40 heavy (non-hydrogen) atoms. The van der Waals surface area contributed by atoms with Crippen LogP contribution in [0.25, 0.3) is 0 Å². The van der Waals surface area contributed by atoms with Crippen molar-refractivity contribution in [2.24, 2.45) is 0 Å². The first kappa shape index (κ1) is 27.8. The molecule has 10 heteroatoms. The number of carbonyl (C=O) groups is 1. The summed E-state index contributed by atoms with van der Waals surface area (Å²) in [6.45, 7) is 1.66. The summed E-state index contributed by atoms with van der Waals surface area (Å²) in [6, 6.07) is 23.8. The van der Waals surface area contributed by atoms with E-state index >= 15 is 0 Å². The molecule has 1 aromatic heterocycles. The van der Waals surface area contributed by atoms with E-state index in [4.69, 9.17) is 5.26 Å². The minimum atomic E-state index is -2.45. The van der Waals surface area contributed by atoms with Crippen molar-refractivity contribution in [3.63, 3.8) is 0 Å². The van der Waals surface area contributed by atoms with Crippen LogP contribution < -0.4 is 20.4 Å². The van der Waals surface area contributed by atoms with Crippen LogP contribution in [0.15, 0.2) is 72.9 Å². The molecule has 1 aliphatic heterocycles. The topological polar surface area (TPSA) is 125 Å². The van der Waals surface area contributed by atoms with Crippen LogP contribution in [0.3, 0.4) is 0 Å². The molecule has 4 N–H and O–H groups in total. The maximum Gasteiger partial charge on any atom is 0.322 e. The molecule has 0 bridgehead atoms. The molecule has 2 fully saturated rings. The number of carbonyl (C=O) groups excluding carboxylic acids is 1. The Bertz CT molecular complexity index is 1300. The van der Waals surface area contributed by atoms with Crippen molar-refractivity contribution in [1.29, 1.82) is 5.26 Å². The summed E-state index contributed by atoms with van der Waals surface area (Å²) in [7, 11) is -2.45. The molecular weight excluding hydrogens is 524 g/mol. The summed E-state index contributed by atoms with van der Waals surface area (Å²) in [6.07, 6.45) is 5.06. The molecule has 5 rings (SSSR count). The molecule has 2 heterocycles. The Kier molecular flexibility index (Phi) is 8.75. The zero-order valence-corrected chi connectivity index (χ0v) is 23.3. The number of anilines is 3. The van der Waals surface area contributed by atoms with E-state index in [1.54, 1.807) is 12.3 Å². The maximum absolute atomic E-state index is 13.6. The number of hydrogen-bond acceptors (Lipinski definition) is 7. The van der Waals surface area contributed by atoms with Crippen LogP contribution in [0.1, 0.15) is 36.8 Å². The van der Waals surface area contributed by atoms with Crippen LogP contribution in [0.5, 0.6) is 0 Å². The SMILES string of the molecule is N#Cc1ccc(NC2CCC(N(C(=O)NCc3ccccc3)c3ccc(N4CCS(O)(O)CC4)cc3)CC2)nc1. The van der Waals surface area contributed by atoms with Gasteiger partial charge in [-0.05, 0) is 67.6 Å². The molecule has 0 radical (unpaired) electrons. The highest BCUT2D eigenvalue weighted by molar-refractivity contribution is 8.24. The van der Waals surface area contributed by atoms with Crippen LogP contribution in [0, 0.1) is 11.3 Å². The van der Waals surface area contributed by atoms with Crippen molar-refractivity contribution < 1.29 is 13.9 Å². The van der Waals surface area contributed by atoms with Crippen molar-refractivity contribution >= 4 is 33.8 Å². The fraction of sp³-hybridized carbons (Fsp3) is 0.367. The van der Waals surface area contributed by atoms with Crippen LogP contribution in [0.2, 0.25) is 0 Å². The van der Waals surface area contributed by atoms with Crippen LogP contribution in [0.4, 0.5) is 22.0 Å². The lowest BCUT2D eigenvalue weighted by molar-refractivity contribution is 0.240. The summed E-state index contributed by atoms with van der Waals surface area (Å²) in [4.78, 5) is 22.0. The highest BCUT2D eigenvalue weighted by Gasteiger charge is 2.30. The summed E-state index contributed by atoms with van der Waals surface area (Å²) in [5.41, 5.74) is 3.45. The van der Waals surface area contributed by atoms with Gasteiger partial charge in [0.15, 0.2) is 0 Å². The standard InChI is InChI=1S/C30H36N6O3S/c31-20-24-6-15-29(32-22-24)34-25-7-9-27(10-8-25)36(30(37)33-21-23-4-2-1-3-5-23)28-13-11-26(12-14-28)35-16-18-40(38,39)19-17-35/h1-6,11-15,22,25,27,38-39H,7-10,16-19,21H2,(H,32,34)(H,33,37). The quantitative estimate of drug-likeness (QED) is 0.294. The largest absolute Gasteiger partial charge is 0.368 e. The molecule has 0 spiro atoms. The molecule has 2 amide bonds. The molecule has 9 nitrogen and oxygen atoms in total. The fourth-order valence-corrected chi connectivity index (χ4v) is 6.62. The number of nitrogens with one attached hydrogen (secondary N) is 2. The third-order valence-electron chi connectivity index (χ3n) is 7.68. The van der Waals surface area contributed by atoms with Gasteiger partial charge in [-0.2, -0.15) is 15.9 Å². The number of benzene rings is 2. The highest BCUT2D eigenvalue weighted by Crippen LogP contribution is 2.41. The number of nitrogens with zero attached hydrogens (tertiary/aromatic N) is 4. The lowest BCUT2D eigenvalue weighted by atomic mass is 9.90. The average molecular weight is 561 g/mol. The Morgan fingerprint density at radius 1 is 1.00 bits per heavy atom. The number of nitriles is 1. The maximum atomic E-state index is 13.6. The predicted molar refractivity (Wildman–Crippen MR) is 161 cm³/mol. The molecule has 1 saturated heterocycles. The smallest absolute Gasteiger partial charge is 0.322 e. The lowest BCUT2D eigenvalue weighted by Gasteiger charge is -2.42. The number of amides is 2. The third kappa shape index (κ3) is 7.04. The van der Waals surface area contributed by atoms with Crippen molar-refractivity contribution in [3.8, 4) is 6.07 Å². The van der Waals surface area contributed by atoms with E-state index in [0.29, 0.717) is 36.7 Å². The van der Waals surface area contributed by atoms with Gasteiger partial charge in [0, 0.05) is 49.3 Å². The van der Waals surface area contributed by atoms with Gasteiger partial charge >= 0.3 is 6.03 Å². The van der Waals surface area contributed by atoms with E-state index in [0.717, 1.165) is 48.4 Å². The first-order valence-corrected chi connectivity index (χ1v) is 15.6. The number of rotatable bonds is 7. The van der Waals surface area contributed by atoms with Gasteiger partial charge in [0.05, 0.1) is 17.1 Å². The van der Waals surface area contributed by atoms with Gasteiger partial charge in [0.2, 0.25) is 0 Å². The zero-order valence-electron chi connectivity index (χ0n) is 22.4. The summed E-state index contributed by atoms with van der Waals surface area (Å²) in [5, 5.41) is 15.6. The van der Waals surface area contributed by atoms with Crippen LogP contribution in [-0.4, -0.2) is 56.8 Å². The van der Waals surface area contributed by atoms with Gasteiger partial charge in [-0.25, -0.2) is 9.78 Å². The van der Waals surface area contributed by atoms with E-state index < -0.39 is 10.6 Å². The normalized spacial score (nSPS) is 21.1. The number of pyridine rings is 1. The van der Waals surface area contributed by atoms with Crippen molar-refractivity contribution in [3.05, 3.63) is 84.1 Å². The first-order chi connectivity index (χ1) is 19.4. The number of urea groups is 1. The van der Waals surface area contributed by atoms with Gasteiger partial charge < -0.3 is 15.5 Å². The Morgan fingerprint density at radius 2 is 1.70 bits per heavy atom. The molecule has 1 aliphatic carbocycles. The number of hydrogen-bond donors (Lipinski definition) is 4. The Balaban J connectivity index is 1.27. The monoisotopic (exact) mass is 560 g/mol.